The van der Waals surface area contributed by atoms with Crippen LogP contribution in [0.2, 0.25) is 0 Å². The molecular weight excluding hydrogens is 386 g/mol. The van der Waals surface area contributed by atoms with Crippen LogP contribution in [0.3, 0.4) is 0 Å². The second-order valence-corrected chi connectivity index (χ2v) is 9.96. The second kappa shape index (κ2) is 9.88. The number of carbonyl (C=O) groups excluding carboxylic acids is 2. The molecule has 0 bridgehead atoms. The van der Waals surface area contributed by atoms with Gasteiger partial charge in [-0.15, -0.1) is 0 Å². The number of amides is 2. The molecular formula is C26H37N3O2. The van der Waals surface area contributed by atoms with E-state index in [0.717, 1.165) is 61.4 Å². The summed E-state index contributed by atoms with van der Waals surface area (Å²) in [4.78, 5) is 29.7. The van der Waals surface area contributed by atoms with Crippen LogP contribution in [0.15, 0.2) is 30.5 Å². The Morgan fingerprint density at radius 2 is 1.77 bits per heavy atom. The van der Waals surface area contributed by atoms with Crippen molar-refractivity contribution in [3.8, 4) is 0 Å². The zero-order valence-corrected chi connectivity index (χ0v) is 19.0. The average Bonchev–Trinajstić information content (AvgIpc) is 3.18. The number of aromatic nitrogens is 1. The minimum absolute atomic E-state index is 0.0306. The summed E-state index contributed by atoms with van der Waals surface area (Å²) >= 11 is 0. The molecule has 1 heterocycles. The Kier molecular flexibility index (Phi) is 6.99. The van der Waals surface area contributed by atoms with Crippen LogP contribution in [-0.2, 0) is 16.0 Å². The number of nitrogens with one attached hydrogen (secondary N) is 3. The van der Waals surface area contributed by atoms with Gasteiger partial charge in [-0.05, 0) is 62.0 Å². The van der Waals surface area contributed by atoms with Gasteiger partial charge in [-0.1, -0.05) is 44.9 Å². The number of benzene rings is 1. The fourth-order valence-electron chi connectivity index (χ4n) is 5.36. The molecule has 168 valence electrons. The summed E-state index contributed by atoms with van der Waals surface area (Å²) in [7, 11) is 0. The van der Waals surface area contributed by atoms with E-state index in [1.807, 2.05) is 24.4 Å². The van der Waals surface area contributed by atoms with Crippen molar-refractivity contribution in [2.24, 2.45) is 17.8 Å². The number of H-pyrrole nitrogens is 1. The Morgan fingerprint density at radius 3 is 2.55 bits per heavy atom. The maximum absolute atomic E-state index is 13.4. The van der Waals surface area contributed by atoms with Gasteiger partial charge in [0.15, 0.2) is 0 Å². The van der Waals surface area contributed by atoms with E-state index in [0.29, 0.717) is 18.3 Å². The highest BCUT2D eigenvalue weighted by Crippen LogP contribution is 2.29. The van der Waals surface area contributed by atoms with Crippen LogP contribution in [0.4, 0.5) is 0 Å². The van der Waals surface area contributed by atoms with Crippen LogP contribution in [0.5, 0.6) is 0 Å². The van der Waals surface area contributed by atoms with E-state index in [-0.39, 0.29) is 23.8 Å². The third-order valence-electron chi connectivity index (χ3n) is 7.56. The van der Waals surface area contributed by atoms with Gasteiger partial charge < -0.3 is 15.6 Å². The van der Waals surface area contributed by atoms with Gasteiger partial charge in [0.05, 0.1) is 0 Å². The first-order valence-corrected chi connectivity index (χ1v) is 12.2. The molecule has 0 unspecified atom stereocenters. The molecule has 0 aliphatic heterocycles. The number of para-hydroxylation sites is 1. The smallest absolute Gasteiger partial charge is 0.243 e. The van der Waals surface area contributed by atoms with E-state index >= 15 is 0 Å². The van der Waals surface area contributed by atoms with Crippen LogP contribution >= 0.6 is 0 Å². The fraction of sp³-hybridized carbons (Fsp3) is 0.615. The van der Waals surface area contributed by atoms with Gasteiger partial charge in [0.25, 0.3) is 0 Å². The number of aromatic amines is 1. The Hall–Kier alpha value is -2.30. The van der Waals surface area contributed by atoms with Crippen LogP contribution in [0.1, 0.15) is 70.8 Å². The van der Waals surface area contributed by atoms with Gasteiger partial charge in [-0.2, -0.15) is 0 Å². The number of rotatable bonds is 6. The quantitative estimate of drug-likeness (QED) is 0.629. The Balaban J connectivity index is 1.49. The molecule has 0 saturated heterocycles. The molecule has 4 rings (SSSR count). The number of fused-ring (bicyclic) bond motifs is 1. The van der Waals surface area contributed by atoms with Gasteiger partial charge in [0.1, 0.15) is 6.04 Å². The molecule has 2 aromatic rings. The van der Waals surface area contributed by atoms with Crippen LogP contribution < -0.4 is 10.6 Å². The Labute approximate surface area is 185 Å². The zero-order valence-electron chi connectivity index (χ0n) is 19.0. The monoisotopic (exact) mass is 423 g/mol. The van der Waals surface area contributed by atoms with E-state index in [2.05, 4.69) is 35.5 Å². The van der Waals surface area contributed by atoms with Gasteiger partial charge in [0.2, 0.25) is 11.8 Å². The molecule has 2 aliphatic rings. The Bertz CT molecular complexity index is 897. The number of carbonyl (C=O) groups is 2. The highest BCUT2D eigenvalue weighted by Gasteiger charge is 2.31. The van der Waals surface area contributed by atoms with Crippen molar-refractivity contribution < 1.29 is 9.59 Å². The SMILES string of the molecule is CC1CCC(C(=O)N[C@H](Cc2c[nH]c3ccccc23)C(=O)N[C@H]2CCCC[C@H]2C)CC1. The molecule has 2 saturated carbocycles. The average molecular weight is 424 g/mol. The van der Waals surface area contributed by atoms with E-state index in [1.165, 1.54) is 6.42 Å². The van der Waals surface area contributed by atoms with E-state index in [9.17, 15) is 9.59 Å². The minimum Gasteiger partial charge on any atom is -0.361 e. The zero-order chi connectivity index (χ0) is 21.8. The first-order chi connectivity index (χ1) is 15.0. The summed E-state index contributed by atoms with van der Waals surface area (Å²) in [5.41, 5.74) is 2.13. The van der Waals surface area contributed by atoms with E-state index < -0.39 is 6.04 Å². The summed E-state index contributed by atoms with van der Waals surface area (Å²) in [5.74, 6) is 1.22. The minimum atomic E-state index is -0.541. The molecule has 5 heteroatoms. The molecule has 0 spiro atoms. The lowest BCUT2D eigenvalue weighted by molar-refractivity contribution is -0.132. The summed E-state index contributed by atoms with van der Waals surface area (Å²) in [6, 6.07) is 7.80. The van der Waals surface area contributed by atoms with Crippen molar-refractivity contribution in [3.63, 3.8) is 0 Å². The van der Waals surface area contributed by atoms with Gasteiger partial charge in [-0.3, -0.25) is 9.59 Å². The lowest BCUT2D eigenvalue weighted by Gasteiger charge is -2.32. The third-order valence-corrected chi connectivity index (χ3v) is 7.56. The Morgan fingerprint density at radius 1 is 1.03 bits per heavy atom. The first-order valence-electron chi connectivity index (χ1n) is 12.2. The molecule has 5 nitrogen and oxygen atoms in total. The van der Waals surface area contributed by atoms with Crippen molar-refractivity contribution in [2.45, 2.75) is 83.7 Å². The summed E-state index contributed by atoms with van der Waals surface area (Å²) in [6.07, 6.45) is 11.1. The van der Waals surface area contributed by atoms with Crippen LogP contribution in [-0.4, -0.2) is 28.9 Å². The predicted molar refractivity (Wildman–Crippen MR) is 125 cm³/mol. The predicted octanol–water partition coefficient (Wildman–Crippen LogP) is 4.72. The first kappa shape index (κ1) is 21.9. The summed E-state index contributed by atoms with van der Waals surface area (Å²) < 4.78 is 0. The highest BCUT2D eigenvalue weighted by atomic mass is 16.2. The summed E-state index contributed by atoms with van der Waals surface area (Å²) in [5, 5.41) is 7.54. The van der Waals surface area contributed by atoms with Crippen LogP contribution in [0.25, 0.3) is 10.9 Å². The van der Waals surface area contributed by atoms with Crippen molar-refractivity contribution >= 4 is 22.7 Å². The fourth-order valence-corrected chi connectivity index (χ4v) is 5.36. The molecule has 1 aromatic heterocycles. The lowest BCUT2D eigenvalue weighted by Crippen LogP contribution is -2.53. The normalized spacial score (nSPS) is 27.5. The maximum Gasteiger partial charge on any atom is 0.243 e. The highest BCUT2D eigenvalue weighted by molar-refractivity contribution is 5.90. The second-order valence-electron chi connectivity index (χ2n) is 9.96. The molecule has 2 aliphatic carbocycles. The molecule has 1 aromatic carbocycles. The van der Waals surface area contributed by atoms with Gasteiger partial charge >= 0.3 is 0 Å². The number of hydrogen-bond donors (Lipinski definition) is 3. The van der Waals surface area contributed by atoms with Crippen molar-refractivity contribution in [1.29, 1.82) is 0 Å². The molecule has 3 atom stereocenters. The van der Waals surface area contributed by atoms with Crippen molar-refractivity contribution in [3.05, 3.63) is 36.0 Å². The molecule has 0 radical (unpaired) electrons. The van der Waals surface area contributed by atoms with Gasteiger partial charge in [-0.25, -0.2) is 0 Å². The standard InChI is InChI=1S/C26H37N3O2/c1-17-11-13-19(14-12-17)25(30)29-24(26(31)28-22-9-5-3-7-18(22)2)15-20-16-27-23-10-6-4-8-21(20)23/h4,6,8,10,16-19,22,24,27H,3,5,7,9,11-15H2,1-2H3,(H,28,31)(H,29,30)/t17?,18-,19?,22+,24-/m1/s1. The summed E-state index contributed by atoms with van der Waals surface area (Å²) in [6.45, 7) is 4.48. The van der Waals surface area contributed by atoms with E-state index in [4.69, 9.17) is 0 Å². The van der Waals surface area contributed by atoms with Crippen molar-refractivity contribution in [1.82, 2.24) is 15.6 Å². The van der Waals surface area contributed by atoms with Gasteiger partial charge in [0, 0.05) is 35.5 Å². The van der Waals surface area contributed by atoms with Crippen molar-refractivity contribution in [2.75, 3.05) is 0 Å². The largest absolute Gasteiger partial charge is 0.361 e. The van der Waals surface area contributed by atoms with Crippen LogP contribution in [0, 0.1) is 17.8 Å². The van der Waals surface area contributed by atoms with E-state index in [1.54, 1.807) is 0 Å². The molecule has 2 fully saturated rings. The topological polar surface area (TPSA) is 74.0 Å². The number of hydrogen-bond acceptors (Lipinski definition) is 2. The molecule has 2 amide bonds. The third kappa shape index (κ3) is 5.31. The molecule has 3 N–H and O–H groups in total. The maximum atomic E-state index is 13.4. The lowest BCUT2D eigenvalue weighted by atomic mass is 9.82. The molecule has 31 heavy (non-hydrogen) atoms.